The number of H-pyrrole nitrogens is 1. The Morgan fingerprint density at radius 2 is 2.15 bits per heavy atom. The predicted molar refractivity (Wildman–Crippen MR) is 99.3 cm³/mol. The van der Waals surface area contributed by atoms with Crippen LogP contribution >= 0.6 is 0 Å². The molecule has 3 heterocycles. The summed E-state index contributed by atoms with van der Waals surface area (Å²) >= 11 is 0. The normalized spacial score (nSPS) is 19.0. The molecule has 0 spiro atoms. The lowest BCUT2D eigenvalue weighted by Gasteiger charge is -2.38. The molecule has 0 atom stereocenters. The number of carbonyl (C=O) groups excluding carboxylic acids is 1. The minimum absolute atomic E-state index is 0.0737. The molecule has 4 rings (SSSR count). The Bertz CT molecular complexity index is 859. The average molecular weight is 353 g/mol. The molecular formula is C19H23N5O2. The summed E-state index contributed by atoms with van der Waals surface area (Å²) in [6.07, 6.45) is 3.12. The van der Waals surface area contributed by atoms with Gasteiger partial charge in [-0.2, -0.15) is 0 Å². The molecule has 2 aliphatic rings. The van der Waals surface area contributed by atoms with Crippen molar-refractivity contribution in [2.75, 3.05) is 26.2 Å². The van der Waals surface area contributed by atoms with Crippen LogP contribution in [0.2, 0.25) is 0 Å². The number of nitrogens with zero attached hydrogens (tertiary/aromatic N) is 2. The van der Waals surface area contributed by atoms with Crippen molar-refractivity contribution in [3.8, 4) is 0 Å². The third-order valence-corrected chi connectivity index (χ3v) is 4.90. The molecule has 7 heteroatoms. The van der Waals surface area contributed by atoms with Crippen LogP contribution in [0.4, 0.5) is 0 Å². The highest BCUT2D eigenvalue weighted by Crippen LogP contribution is 2.21. The van der Waals surface area contributed by atoms with Gasteiger partial charge < -0.3 is 25.7 Å². The largest absolute Gasteiger partial charge is 0.472 e. The topological polar surface area (TPSA) is 96.3 Å². The lowest BCUT2D eigenvalue weighted by Crippen LogP contribution is -2.55. The summed E-state index contributed by atoms with van der Waals surface area (Å²) in [6, 6.07) is 7.61. The Kier molecular flexibility index (Phi) is 4.38. The first-order valence-corrected chi connectivity index (χ1v) is 8.89. The van der Waals surface area contributed by atoms with Gasteiger partial charge in [-0.3, -0.25) is 4.79 Å². The fourth-order valence-corrected chi connectivity index (χ4v) is 3.24. The van der Waals surface area contributed by atoms with Gasteiger partial charge in [0.1, 0.15) is 6.10 Å². The zero-order chi connectivity index (χ0) is 18.1. The van der Waals surface area contributed by atoms with E-state index in [9.17, 15) is 4.79 Å². The summed E-state index contributed by atoms with van der Waals surface area (Å²) in [5, 5.41) is 3.33. The van der Waals surface area contributed by atoms with Gasteiger partial charge in [-0.25, -0.2) is 4.98 Å². The maximum absolute atomic E-state index is 12.5. The van der Waals surface area contributed by atoms with Crippen molar-refractivity contribution in [2.45, 2.75) is 19.4 Å². The molecule has 26 heavy (non-hydrogen) atoms. The number of ether oxygens (including phenoxy) is 1. The van der Waals surface area contributed by atoms with Crippen LogP contribution in [0.5, 0.6) is 0 Å². The van der Waals surface area contributed by atoms with E-state index in [1.54, 1.807) is 4.90 Å². The number of aromatic nitrogens is 2. The summed E-state index contributed by atoms with van der Waals surface area (Å²) in [5.74, 6) is 0.697. The highest BCUT2D eigenvalue weighted by Gasteiger charge is 2.34. The van der Waals surface area contributed by atoms with Crippen LogP contribution in [0.25, 0.3) is 11.0 Å². The number of hydrogen-bond donors (Lipinski definition) is 3. The fraction of sp³-hybridized carbons (Fsp3) is 0.368. The molecule has 0 saturated carbocycles. The first-order chi connectivity index (χ1) is 12.6. The molecule has 0 unspecified atom stereocenters. The van der Waals surface area contributed by atoms with E-state index in [1.807, 2.05) is 31.2 Å². The lowest BCUT2D eigenvalue weighted by molar-refractivity contribution is -0.0147. The molecule has 1 aromatic heterocycles. The summed E-state index contributed by atoms with van der Waals surface area (Å²) in [7, 11) is 0. The molecule has 1 aromatic carbocycles. The second kappa shape index (κ2) is 6.84. The van der Waals surface area contributed by atoms with E-state index < -0.39 is 0 Å². The van der Waals surface area contributed by atoms with Crippen molar-refractivity contribution >= 4 is 16.9 Å². The van der Waals surface area contributed by atoms with Gasteiger partial charge in [-0.1, -0.05) is 18.2 Å². The van der Waals surface area contributed by atoms with Crippen LogP contribution in [0.15, 0.2) is 47.4 Å². The Morgan fingerprint density at radius 1 is 1.35 bits per heavy atom. The van der Waals surface area contributed by atoms with E-state index in [2.05, 4.69) is 21.4 Å². The molecule has 0 aliphatic carbocycles. The molecule has 2 aliphatic heterocycles. The Hall–Kier alpha value is -2.80. The van der Waals surface area contributed by atoms with Crippen LogP contribution in [0.1, 0.15) is 24.0 Å². The average Bonchev–Trinajstić information content (AvgIpc) is 3.08. The highest BCUT2D eigenvalue weighted by molar-refractivity contribution is 5.94. The highest BCUT2D eigenvalue weighted by atomic mass is 16.5. The molecule has 1 fully saturated rings. The maximum atomic E-state index is 12.5. The first-order valence-electron chi connectivity index (χ1n) is 8.89. The monoisotopic (exact) mass is 353 g/mol. The standard InChI is InChI=1S/C19H23N5O2/c1-12(13-5-4-8-21-9-13)17(20)26-14-10-24(11-14)19(25)18-22-15-6-2-3-7-16(15)23-18/h2-3,5-7,14,21H,4,8-11,20H2,1H3,(H,22,23)/b17-12-. The smallest absolute Gasteiger partial charge is 0.289 e. The van der Waals surface area contributed by atoms with Crippen LogP contribution in [-0.2, 0) is 4.74 Å². The van der Waals surface area contributed by atoms with Crippen LogP contribution < -0.4 is 11.1 Å². The minimum Gasteiger partial charge on any atom is -0.472 e. The van der Waals surface area contributed by atoms with Gasteiger partial charge in [-0.15, -0.1) is 0 Å². The second-order valence-corrected chi connectivity index (χ2v) is 6.74. The fourth-order valence-electron chi connectivity index (χ4n) is 3.24. The van der Waals surface area contributed by atoms with Gasteiger partial charge in [-0.05, 0) is 37.6 Å². The number of fused-ring (bicyclic) bond motifs is 1. The number of aromatic amines is 1. The summed E-state index contributed by atoms with van der Waals surface area (Å²) in [6.45, 7) is 4.82. The van der Waals surface area contributed by atoms with Crippen molar-refractivity contribution in [1.29, 1.82) is 0 Å². The number of imidazole rings is 1. The number of para-hydroxylation sites is 2. The number of rotatable bonds is 4. The summed E-state index contributed by atoms with van der Waals surface area (Å²) in [5.41, 5.74) is 9.92. The van der Waals surface area contributed by atoms with E-state index in [0.29, 0.717) is 24.8 Å². The molecule has 7 nitrogen and oxygen atoms in total. The molecule has 1 saturated heterocycles. The van der Waals surface area contributed by atoms with Crippen molar-refractivity contribution < 1.29 is 9.53 Å². The number of nitrogens with two attached hydrogens (primary N) is 1. The molecule has 0 bridgehead atoms. The van der Waals surface area contributed by atoms with Gasteiger partial charge in [0, 0.05) is 12.1 Å². The zero-order valence-corrected chi connectivity index (χ0v) is 14.8. The first kappa shape index (κ1) is 16.7. The number of amides is 1. The minimum atomic E-state index is -0.112. The predicted octanol–water partition coefficient (Wildman–Crippen LogP) is 1.51. The van der Waals surface area contributed by atoms with E-state index in [1.165, 1.54) is 5.57 Å². The zero-order valence-electron chi connectivity index (χ0n) is 14.8. The van der Waals surface area contributed by atoms with E-state index in [4.69, 9.17) is 10.5 Å². The number of carbonyl (C=O) groups is 1. The third-order valence-electron chi connectivity index (χ3n) is 4.90. The molecule has 0 radical (unpaired) electrons. The van der Waals surface area contributed by atoms with Gasteiger partial charge in [0.25, 0.3) is 5.91 Å². The number of likely N-dealkylation sites (tertiary alicyclic amines) is 1. The van der Waals surface area contributed by atoms with Gasteiger partial charge in [0.15, 0.2) is 11.7 Å². The SMILES string of the molecule is C/C(C1=CCCNC1)=C(\N)OC1CN(C(=O)c2nc3ccccc3[nH]2)C1. The van der Waals surface area contributed by atoms with E-state index in [0.717, 1.165) is 36.1 Å². The molecular weight excluding hydrogens is 330 g/mol. The number of hydrogen-bond acceptors (Lipinski definition) is 5. The Balaban J connectivity index is 1.36. The van der Waals surface area contributed by atoms with Crippen molar-refractivity contribution in [1.82, 2.24) is 20.2 Å². The molecule has 1 amide bonds. The quantitative estimate of drug-likeness (QED) is 0.724. The van der Waals surface area contributed by atoms with E-state index >= 15 is 0 Å². The number of benzene rings is 1. The van der Waals surface area contributed by atoms with Gasteiger partial charge in [0.05, 0.1) is 24.1 Å². The van der Waals surface area contributed by atoms with Crippen molar-refractivity contribution in [3.63, 3.8) is 0 Å². The third kappa shape index (κ3) is 3.17. The van der Waals surface area contributed by atoms with Gasteiger partial charge >= 0.3 is 0 Å². The van der Waals surface area contributed by atoms with Crippen LogP contribution in [0, 0.1) is 0 Å². The lowest BCUT2D eigenvalue weighted by atomic mass is 10.0. The van der Waals surface area contributed by atoms with Crippen molar-refractivity contribution in [3.05, 3.63) is 53.2 Å². The Labute approximate surface area is 151 Å². The Morgan fingerprint density at radius 3 is 2.88 bits per heavy atom. The molecule has 136 valence electrons. The molecule has 4 N–H and O–H groups in total. The summed E-state index contributed by atoms with van der Waals surface area (Å²) < 4.78 is 5.84. The molecule has 2 aromatic rings. The van der Waals surface area contributed by atoms with Crippen LogP contribution in [-0.4, -0.2) is 53.1 Å². The summed E-state index contributed by atoms with van der Waals surface area (Å²) in [4.78, 5) is 21.7. The van der Waals surface area contributed by atoms with Gasteiger partial charge in [0.2, 0.25) is 0 Å². The maximum Gasteiger partial charge on any atom is 0.289 e. The van der Waals surface area contributed by atoms with Crippen LogP contribution in [0.3, 0.4) is 0 Å². The van der Waals surface area contributed by atoms with E-state index in [-0.39, 0.29) is 12.0 Å². The second-order valence-electron chi connectivity index (χ2n) is 6.74. The number of nitrogens with one attached hydrogen (secondary N) is 2. The van der Waals surface area contributed by atoms with Crippen molar-refractivity contribution in [2.24, 2.45) is 5.73 Å².